The smallest absolute Gasteiger partial charge is 0.410 e. The van der Waals surface area contributed by atoms with Crippen molar-refractivity contribution in [1.82, 2.24) is 75.7 Å². The van der Waals surface area contributed by atoms with Crippen molar-refractivity contribution < 1.29 is 52.6 Å². The number of amides is 3. The molecule has 41 heteroatoms. The average Bonchev–Trinajstić information content (AvgIpc) is 1.66. The zero-order valence-corrected chi connectivity index (χ0v) is 69.7. The molecule has 4 heterocycles. The van der Waals surface area contributed by atoms with Crippen LogP contribution in [0.1, 0.15) is 103 Å². The number of ether oxygens (including phenoxy) is 1. The molecule has 5 aromatic rings. The van der Waals surface area contributed by atoms with Gasteiger partial charge in [-0.1, -0.05) is 30.3 Å². The highest BCUT2D eigenvalue weighted by molar-refractivity contribution is 7.54. The Labute approximate surface area is 650 Å². The lowest BCUT2D eigenvalue weighted by Gasteiger charge is -2.50. The summed E-state index contributed by atoms with van der Waals surface area (Å²) in [5.74, 6) is 7.58. The van der Waals surface area contributed by atoms with Gasteiger partial charge in [0.05, 0.1) is 19.0 Å². The summed E-state index contributed by atoms with van der Waals surface area (Å²) in [6, 6.07) is 13.9. The fraction of sp³-hybridized carbons (Fsp3) is 0.636. The maximum absolute atomic E-state index is 12.4. The summed E-state index contributed by atoms with van der Waals surface area (Å²) in [6.07, 6.45) is 8.21. The van der Waals surface area contributed by atoms with Crippen molar-refractivity contribution in [3.8, 4) is 5.75 Å². The maximum atomic E-state index is 12.4. The van der Waals surface area contributed by atoms with Crippen molar-refractivity contribution in [2.45, 2.75) is 90.3 Å². The van der Waals surface area contributed by atoms with E-state index in [2.05, 4.69) is 84.5 Å². The lowest BCUT2D eigenvalue weighted by molar-refractivity contribution is -0.0226. The number of aromatic nitrogens is 8. The van der Waals surface area contributed by atoms with Crippen molar-refractivity contribution in [3.63, 3.8) is 0 Å². The number of hydrogen-bond acceptors (Lipinski definition) is 25. The van der Waals surface area contributed by atoms with Gasteiger partial charge in [0.2, 0.25) is 41.5 Å². The molecule has 4 aliphatic rings. The molecule has 602 valence electrons. The standard InChI is InChI=1S/C23H31Cl2NO3.C12H19N3O.2C9H18N6.C7H15Cl2N2O2P.C6H10N6O.H3O4P/c1-23-9-8-18-17-5-3-16(29-22(28)26(12-10-24)13-11-25)14-15(17)2-4-19(18)20(23)6-7-21(23)27;1-9(2)15-12(16)11-6-4-10(5-7-11)8-14-13-3;2*1-13(2)7-10-8(14(3)4)12-9(11-7)15(5)6;8-2-4-10-14(12)11(6-3-9)5-1-7-13-14;1-12(2)11-10-6-4(5(7)13)8-3-9-6;1-5(2,3)4/h3,5,14,18-21,27H,2,4,6-13H2,1H3;4-7,9,13-14H,8H2,1-3H3,(H,15,16);2*1-6H3;1-7H2,(H,10,12);3H,1-2H3,(H2,7,13)(H,8,9);(H3,1,2,3,4)/t18-,19-,20+,21+,23+;;;;;;/m1....../s1. The molecule has 3 fully saturated rings. The first-order chi connectivity index (χ1) is 50.3. The van der Waals surface area contributed by atoms with Gasteiger partial charge in [0.1, 0.15) is 5.75 Å². The minimum absolute atomic E-state index is 0.0249. The van der Waals surface area contributed by atoms with E-state index in [1.54, 1.807) is 23.7 Å². The number of nitrogens with one attached hydrogen (secondary N) is 5. The summed E-state index contributed by atoms with van der Waals surface area (Å²) in [5, 5.41) is 25.1. The van der Waals surface area contributed by atoms with Crippen LogP contribution in [0.2, 0.25) is 0 Å². The van der Waals surface area contributed by atoms with Gasteiger partial charge >= 0.3 is 21.6 Å². The van der Waals surface area contributed by atoms with E-state index in [0.29, 0.717) is 121 Å². The molecule has 107 heavy (non-hydrogen) atoms. The number of rotatable bonds is 24. The Bertz CT molecular complexity index is 3410. The number of aryl methyl sites for hydroxylation is 1. The van der Waals surface area contributed by atoms with Gasteiger partial charge < -0.3 is 79.4 Å². The molecule has 3 amide bonds. The van der Waals surface area contributed by atoms with Crippen molar-refractivity contribution in [2.75, 3.05) is 198 Å². The Balaban J connectivity index is 0.000000338. The molecule has 0 radical (unpaired) electrons. The zero-order valence-electron chi connectivity index (χ0n) is 64.9. The first-order valence-electron chi connectivity index (χ1n) is 34.6. The van der Waals surface area contributed by atoms with Crippen molar-refractivity contribution >= 4 is 121 Å². The number of halogens is 4. The average molecular weight is 1620 g/mol. The Morgan fingerprint density at radius 2 is 1.28 bits per heavy atom. The number of imidazole rings is 1. The van der Waals surface area contributed by atoms with Gasteiger partial charge in [0.25, 0.3) is 11.8 Å². The summed E-state index contributed by atoms with van der Waals surface area (Å²) in [6.45, 7) is 10.1. The molecule has 6 atom stereocenters. The van der Waals surface area contributed by atoms with Crippen LogP contribution < -0.4 is 61.1 Å². The third kappa shape index (κ3) is 32.1. The zero-order chi connectivity index (χ0) is 80.5. The molecule has 1 unspecified atom stereocenters. The predicted molar refractivity (Wildman–Crippen MR) is 425 cm³/mol. The summed E-state index contributed by atoms with van der Waals surface area (Å²) in [5.41, 5.74) is 15.7. The number of aromatic amines is 1. The number of aliphatic hydroxyl groups excluding tert-OH is 1. The first-order valence-corrected chi connectivity index (χ1v) is 39.9. The van der Waals surface area contributed by atoms with Gasteiger partial charge in [0, 0.05) is 173 Å². The van der Waals surface area contributed by atoms with Gasteiger partial charge in [-0.15, -0.1) is 51.5 Å². The minimum Gasteiger partial charge on any atom is -0.410 e. The van der Waals surface area contributed by atoms with Crippen LogP contribution in [0.3, 0.4) is 0 Å². The lowest BCUT2D eigenvalue weighted by Crippen LogP contribution is -2.43. The molecule has 11 N–H and O–H groups in total. The topological polar surface area (TPSA) is 419 Å². The SMILES string of the molecule is CN(C)N=Nc1nc[nH]c1C(N)=O.CN(C)c1nc(N(C)C)nc(N(C)C)n1.CN(C)c1nc(N(C)C)nc(N(C)C)n1.CNNCc1ccc(C(=O)NC(C)C)cc1.C[C@]12CC[C@@H]3c4ccc(OC(=O)N(CCCl)CCCl)cc4CC[C@H]3[C@@H]1CC[C@@H]2O.O=P(O)(O)O.O=P1(NCCCl)OCCCN1CCCl. The van der Waals surface area contributed by atoms with Gasteiger partial charge in [-0.2, -0.15) is 29.9 Å². The third-order valence-corrected chi connectivity index (χ3v) is 19.7. The van der Waals surface area contributed by atoms with Crippen LogP contribution in [-0.2, 0) is 26.6 Å². The molecule has 1 aliphatic heterocycles. The molecule has 2 saturated carbocycles. The van der Waals surface area contributed by atoms with Crippen molar-refractivity contribution in [2.24, 2.45) is 33.3 Å². The number of aliphatic hydroxyl groups is 1. The normalized spacial score (nSPS) is 18.9. The molecule has 3 aliphatic carbocycles. The van der Waals surface area contributed by atoms with E-state index in [4.69, 9.17) is 80.6 Å². The van der Waals surface area contributed by atoms with Crippen molar-refractivity contribution in [1.29, 1.82) is 0 Å². The van der Waals surface area contributed by atoms with Crippen LogP contribution in [0.4, 0.5) is 46.3 Å². The Hall–Kier alpha value is -6.66. The van der Waals surface area contributed by atoms with E-state index < -0.39 is 27.5 Å². The largest absolute Gasteiger partial charge is 0.466 e. The number of nitrogens with two attached hydrogens (primary N) is 1. The number of hydrazine groups is 1. The summed E-state index contributed by atoms with van der Waals surface area (Å²) < 4.78 is 33.7. The van der Waals surface area contributed by atoms with E-state index in [-0.39, 0.29) is 35.0 Å². The molecule has 1 saturated heterocycles. The van der Waals surface area contributed by atoms with Crippen LogP contribution in [0.25, 0.3) is 0 Å². The summed E-state index contributed by atoms with van der Waals surface area (Å²) in [4.78, 5) is 101. The fourth-order valence-corrected chi connectivity index (χ4v) is 14.4. The highest BCUT2D eigenvalue weighted by atomic mass is 35.5. The van der Waals surface area contributed by atoms with Gasteiger partial charge in [0.15, 0.2) is 5.69 Å². The van der Waals surface area contributed by atoms with Crippen LogP contribution in [0, 0.1) is 17.3 Å². The first kappa shape index (κ1) is 94.5. The molecule has 0 spiro atoms. The predicted octanol–water partition coefficient (Wildman–Crippen LogP) is 7.39. The van der Waals surface area contributed by atoms with E-state index in [1.165, 1.54) is 22.5 Å². The summed E-state index contributed by atoms with van der Waals surface area (Å²) in [7, 11) is 20.7. The Morgan fingerprint density at radius 3 is 1.72 bits per heavy atom. The molecular weight excluding hydrogens is 1510 g/mol. The number of carbonyl (C=O) groups is 3. The second kappa shape index (κ2) is 46.8. The van der Waals surface area contributed by atoms with Gasteiger partial charge in [-0.3, -0.25) is 30.0 Å². The number of benzene rings is 2. The third-order valence-electron chi connectivity index (χ3n) is 16.7. The number of anilines is 6. The molecule has 0 bridgehead atoms. The van der Waals surface area contributed by atoms with Gasteiger partial charge in [-0.05, 0) is 130 Å². The monoisotopic (exact) mass is 1620 g/mol. The Kier molecular flexibility index (Phi) is 41.3. The highest BCUT2D eigenvalue weighted by Crippen LogP contribution is 2.61. The number of carbonyl (C=O) groups excluding carboxylic acids is 3. The minimum atomic E-state index is -4.64. The van der Waals surface area contributed by atoms with E-state index >= 15 is 0 Å². The van der Waals surface area contributed by atoms with E-state index in [1.807, 2.05) is 171 Å². The number of nitrogens with zero attached hydrogens (tertiary/aromatic N) is 18. The Morgan fingerprint density at radius 1 is 0.766 bits per heavy atom. The molecular formula is C66H114Cl4N24O11P2. The van der Waals surface area contributed by atoms with Crippen LogP contribution in [0.5, 0.6) is 5.75 Å². The lowest BCUT2D eigenvalue weighted by atomic mass is 9.55. The number of H-pyrrole nitrogens is 1. The van der Waals surface area contributed by atoms with Crippen molar-refractivity contribution in [3.05, 3.63) is 76.7 Å². The summed E-state index contributed by atoms with van der Waals surface area (Å²) >= 11 is 22.7. The number of primary amides is 1. The number of fused-ring (bicyclic) bond motifs is 5. The highest BCUT2D eigenvalue weighted by Gasteiger charge is 2.54. The number of alkyl halides is 4. The maximum Gasteiger partial charge on any atom is 0.466 e. The number of phosphoric acid groups is 1. The van der Waals surface area contributed by atoms with Gasteiger partial charge in [-0.25, -0.2) is 24.1 Å². The van der Waals surface area contributed by atoms with E-state index in [0.717, 1.165) is 63.6 Å². The van der Waals surface area contributed by atoms with E-state index in [9.17, 15) is 24.1 Å². The second-order valence-electron chi connectivity index (χ2n) is 26.9. The number of hydrogen-bond donors (Lipinski definition) is 10. The second-order valence-corrected chi connectivity index (χ2v) is 31.6. The van der Waals surface area contributed by atoms with Crippen LogP contribution in [-0.4, -0.2) is 273 Å². The fourth-order valence-electron chi connectivity index (χ4n) is 11.4. The molecule has 35 nitrogen and oxygen atoms in total. The molecule has 2 aromatic carbocycles. The molecule has 3 aromatic heterocycles. The van der Waals surface area contributed by atoms with Crippen LogP contribution >= 0.6 is 61.9 Å². The quantitative estimate of drug-likeness (QED) is 0.0124. The van der Waals surface area contributed by atoms with Crippen LogP contribution in [0.15, 0.2) is 59.1 Å². The molecule has 9 rings (SSSR count).